The number of benzene rings is 2. The number of nitrogens with one attached hydrogen (secondary N) is 1. The van der Waals surface area contributed by atoms with Gasteiger partial charge in [-0.25, -0.2) is 0 Å². The highest BCUT2D eigenvalue weighted by atomic mass is 35.5. The molecule has 1 aromatic heterocycles. The second-order valence-corrected chi connectivity index (χ2v) is 7.29. The first-order valence-electron chi connectivity index (χ1n) is 7.99. The number of nitrogen functional groups attached to an aromatic ring is 1. The van der Waals surface area contributed by atoms with Gasteiger partial charge in [0.15, 0.2) is 5.82 Å². The average molecular weight is 346 g/mol. The minimum absolute atomic E-state index is 0.364. The topological polar surface area (TPSA) is 54.7 Å². The molecule has 3 nitrogen and oxygen atoms in total. The third-order valence-corrected chi connectivity index (χ3v) is 4.86. The summed E-state index contributed by atoms with van der Waals surface area (Å²) in [7, 11) is 0. The van der Waals surface area contributed by atoms with E-state index in [-0.39, 0.29) is 12.1 Å². The largest absolute Gasteiger partial charge is 0.382 e. The van der Waals surface area contributed by atoms with Crippen molar-refractivity contribution in [3.8, 4) is 11.1 Å². The summed E-state index contributed by atoms with van der Waals surface area (Å²) in [6, 6.07) is 11.9. The highest BCUT2D eigenvalue weighted by molar-refractivity contribution is 6.35. The van der Waals surface area contributed by atoms with Crippen LogP contribution in [0.3, 0.4) is 0 Å². The lowest BCUT2D eigenvalue weighted by molar-refractivity contribution is 0.240. The number of alkyl halides is 1. The van der Waals surface area contributed by atoms with Crippen molar-refractivity contribution in [1.82, 2.24) is 10.2 Å². The van der Waals surface area contributed by atoms with Crippen LogP contribution in [0.4, 0.5) is 10.2 Å². The van der Waals surface area contributed by atoms with Gasteiger partial charge in [-0.05, 0) is 35.4 Å². The van der Waals surface area contributed by atoms with Crippen molar-refractivity contribution < 1.29 is 4.39 Å². The van der Waals surface area contributed by atoms with E-state index in [4.69, 9.17) is 17.3 Å². The summed E-state index contributed by atoms with van der Waals surface area (Å²) in [5.74, 6) is 0.449. The highest BCUT2D eigenvalue weighted by Gasteiger charge is 2.21. The van der Waals surface area contributed by atoms with E-state index < -0.39 is 0 Å². The summed E-state index contributed by atoms with van der Waals surface area (Å²) >= 11 is 6.72. The van der Waals surface area contributed by atoms with Crippen molar-refractivity contribution in [2.75, 3.05) is 12.4 Å². The van der Waals surface area contributed by atoms with E-state index in [2.05, 4.69) is 10.2 Å². The number of aromatic amines is 1. The number of H-pyrrole nitrogens is 1. The fourth-order valence-electron chi connectivity index (χ4n) is 2.81. The summed E-state index contributed by atoms with van der Waals surface area (Å²) in [6.45, 7) is 3.47. The molecule has 0 radical (unpaired) electrons. The Labute approximate surface area is 146 Å². The molecule has 0 atom stereocenters. The molecule has 0 saturated carbocycles. The van der Waals surface area contributed by atoms with Crippen LogP contribution in [0, 0.1) is 5.41 Å². The number of nitrogens with zero attached hydrogens (tertiary/aromatic N) is 1. The molecule has 0 aliphatic carbocycles. The fourth-order valence-corrected chi connectivity index (χ4v) is 3.17. The zero-order valence-corrected chi connectivity index (χ0v) is 14.6. The van der Waals surface area contributed by atoms with Gasteiger partial charge < -0.3 is 5.73 Å². The Morgan fingerprint density at radius 2 is 1.96 bits per heavy atom. The standard InChI is InChI=1S/C19H21ClFN3/c1-19(2,11-21)9-8-13-16(20)14(12-6-4-3-5-7-12)10-15-17(13)23-24-18(15)22/h3-7,10H,8-9,11H2,1-2H3,(H3,22,23,24). The number of hydrogen-bond acceptors (Lipinski definition) is 2. The first-order valence-corrected chi connectivity index (χ1v) is 8.37. The Bertz CT molecular complexity index is 856. The Morgan fingerprint density at radius 3 is 2.62 bits per heavy atom. The molecule has 126 valence electrons. The average Bonchev–Trinajstić information content (AvgIpc) is 2.95. The molecule has 24 heavy (non-hydrogen) atoms. The van der Waals surface area contributed by atoms with Gasteiger partial charge in [0, 0.05) is 10.9 Å². The van der Waals surface area contributed by atoms with Crippen LogP contribution in [0.5, 0.6) is 0 Å². The molecule has 0 spiro atoms. The lowest BCUT2D eigenvalue weighted by Gasteiger charge is -2.21. The van der Waals surface area contributed by atoms with E-state index in [1.807, 2.05) is 50.2 Å². The number of fused-ring (bicyclic) bond motifs is 1. The normalized spacial score (nSPS) is 12.0. The fraction of sp³-hybridized carbons (Fsp3) is 0.316. The number of anilines is 1. The lowest BCUT2D eigenvalue weighted by Crippen LogP contribution is -2.15. The number of aromatic nitrogens is 2. The predicted molar refractivity (Wildman–Crippen MR) is 99.0 cm³/mol. The molecule has 0 fully saturated rings. The van der Waals surface area contributed by atoms with Crippen LogP contribution in [0.25, 0.3) is 22.0 Å². The monoisotopic (exact) mass is 345 g/mol. The Balaban J connectivity index is 2.14. The molecule has 0 aliphatic rings. The van der Waals surface area contributed by atoms with Crippen LogP contribution in [0.1, 0.15) is 25.8 Å². The molecular weight excluding hydrogens is 325 g/mol. The second kappa shape index (κ2) is 6.44. The van der Waals surface area contributed by atoms with Crippen LogP contribution in [-0.2, 0) is 6.42 Å². The Morgan fingerprint density at radius 1 is 1.25 bits per heavy atom. The quantitative estimate of drug-likeness (QED) is 0.651. The third kappa shape index (κ3) is 3.11. The highest BCUT2D eigenvalue weighted by Crippen LogP contribution is 2.39. The zero-order valence-electron chi connectivity index (χ0n) is 13.9. The van der Waals surface area contributed by atoms with E-state index in [1.54, 1.807) is 0 Å². The van der Waals surface area contributed by atoms with Crippen molar-refractivity contribution in [3.63, 3.8) is 0 Å². The molecule has 0 amide bonds. The third-order valence-electron chi connectivity index (χ3n) is 4.42. The van der Waals surface area contributed by atoms with Gasteiger partial charge in [-0.1, -0.05) is 55.8 Å². The molecule has 3 N–H and O–H groups in total. The minimum atomic E-state index is -0.385. The van der Waals surface area contributed by atoms with Gasteiger partial charge >= 0.3 is 0 Å². The first kappa shape index (κ1) is 16.8. The number of hydrogen-bond donors (Lipinski definition) is 2. The van der Waals surface area contributed by atoms with Crippen LogP contribution < -0.4 is 5.73 Å². The molecule has 0 aliphatic heterocycles. The Hall–Kier alpha value is -2.07. The van der Waals surface area contributed by atoms with Crippen molar-refractivity contribution >= 4 is 28.3 Å². The number of halogens is 2. The van der Waals surface area contributed by atoms with Gasteiger partial charge in [-0.2, -0.15) is 5.10 Å². The van der Waals surface area contributed by atoms with Gasteiger partial charge in [0.25, 0.3) is 0 Å². The molecule has 0 unspecified atom stereocenters. The molecule has 1 heterocycles. The SMILES string of the molecule is CC(C)(CF)CCc1c(Cl)c(-c2ccccc2)cc2c(N)n[nH]c12. The minimum Gasteiger partial charge on any atom is -0.382 e. The molecule has 5 heteroatoms. The van der Waals surface area contributed by atoms with E-state index in [0.717, 1.165) is 27.6 Å². The maximum Gasteiger partial charge on any atom is 0.153 e. The first-order chi connectivity index (χ1) is 11.4. The maximum atomic E-state index is 13.2. The van der Waals surface area contributed by atoms with Crippen LogP contribution in [0.15, 0.2) is 36.4 Å². The summed E-state index contributed by atoms with van der Waals surface area (Å²) in [5, 5.41) is 8.62. The summed E-state index contributed by atoms with van der Waals surface area (Å²) in [6.07, 6.45) is 1.35. The van der Waals surface area contributed by atoms with Gasteiger partial charge in [-0.3, -0.25) is 9.49 Å². The smallest absolute Gasteiger partial charge is 0.153 e. The molecule has 2 aromatic carbocycles. The van der Waals surface area contributed by atoms with Crippen molar-refractivity contribution in [2.24, 2.45) is 5.41 Å². The van der Waals surface area contributed by atoms with Gasteiger partial charge in [0.05, 0.1) is 17.2 Å². The van der Waals surface area contributed by atoms with Crippen molar-refractivity contribution in [2.45, 2.75) is 26.7 Å². The van der Waals surface area contributed by atoms with Crippen molar-refractivity contribution in [3.05, 3.63) is 47.0 Å². The van der Waals surface area contributed by atoms with E-state index >= 15 is 0 Å². The predicted octanol–water partition coefficient (Wildman–Crippen LogP) is 5.39. The second-order valence-electron chi connectivity index (χ2n) is 6.91. The maximum absolute atomic E-state index is 13.2. The number of aryl methyl sites for hydroxylation is 1. The summed E-state index contributed by atoms with van der Waals surface area (Å²) < 4.78 is 13.2. The molecular formula is C19H21ClFN3. The van der Waals surface area contributed by atoms with Crippen LogP contribution in [-0.4, -0.2) is 16.9 Å². The number of rotatable bonds is 5. The molecule has 0 saturated heterocycles. The van der Waals surface area contributed by atoms with Crippen LogP contribution in [0.2, 0.25) is 5.02 Å². The summed E-state index contributed by atoms with van der Waals surface area (Å²) in [5.41, 5.74) is 9.35. The molecule has 3 rings (SSSR count). The van der Waals surface area contributed by atoms with Gasteiger partial charge in [-0.15, -0.1) is 0 Å². The molecule has 3 aromatic rings. The van der Waals surface area contributed by atoms with E-state index in [0.29, 0.717) is 23.7 Å². The van der Waals surface area contributed by atoms with E-state index in [1.165, 1.54) is 0 Å². The Kier molecular flexibility index (Phi) is 4.50. The van der Waals surface area contributed by atoms with Gasteiger partial charge in [0.2, 0.25) is 0 Å². The number of nitrogens with two attached hydrogens (primary N) is 1. The van der Waals surface area contributed by atoms with Crippen molar-refractivity contribution in [1.29, 1.82) is 0 Å². The lowest BCUT2D eigenvalue weighted by atomic mass is 9.86. The van der Waals surface area contributed by atoms with E-state index in [9.17, 15) is 4.39 Å². The van der Waals surface area contributed by atoms with Crippen LogP contribution >= 0.6 is 11.6 Å². The molecule has 0 bridgehead atoms. The van der Waals surface area contributed by atoms with Gasteiger partial charge in [0.1, 0.15) is 0 Å². The zero-order chi connectivity index (χ0) is 17.3. The summed E-state index contributed by atoms with van der Waals surface area (Å²) in [4.78, 5) is 0.